The number of methoxy groups -OCH3 is 1. The zero-order valence-electron chi connectivity index (χ0n) is 13.7. The third kappa shape index (κ3) is 3.68. The highest BCUT2D eigenvalue weighted by atomic mass is 32.2. The largest absolute Gasteiger partial charge is 0.465 e. The first kappa shape index (κ1) is 16.7. The number of nitrogens with zero attached hydrogens (tertiary/aromatic N) is 3. The van der Waals surface area contributed by atoms with Crippen LogP contribution in [0.4, 0.5) is 0 Å². The molecule has 0 saturated carbocycles. The lowest BCUT2D eigenvalue weighted by molar-refractivity contribution is -0.113. The molecule has 0 bridgehead atoms. The van der Waals surface area contributed by atoms with Gasteiger partial charge in [0, 0.05) is 26.2 Å². The smallest absolute Gasteiger partial charge is 0.337 e. The Balaban J connectivity index is 1.69. The van der Waals surface area contributed by atoms with Crippen LogP contribution in [-0.2, 0) is 9.53 Å². The molecule has 0 radical (unpaired) electrons. The minimum absolute atomic E-state index is 0.203. The fourth-order valence-corrected chi connectivity index (χ4v) is 3.48. The molecule has 2 heterocycles. The van der Waals surface area contributed by atoms with Gasteiger partial charge >= 0.3 is 5.97 Å². The Morgan fingerprint density at radius 3 is 2.50 bits per heavy atom. The predicted octanol–water partition coefficient (Wildman–Crippen LogP) is 1.69. The lowest BCUT2D eigenvalue weighted by atomic mass is 10.1. The van der Waals surface area contributed by atoms with Crippen molar-refractivity contribution in [3.63, 3.8) is 0 Å². The molecule has 1 aromatic rings. The third-order valence-corrected chi connectivity index (χ3v) is 5.06. The van der Waals surface area contributed by atoms with Crippen LogP contribution in [0.25, 0.3) is 6.08 Å². The minimum atomic E-state index is -0.374. The van der Waals surface area contributed by atoms with Gasteiger partial charge in [-0.15, -0.1) is 0 Å². The van der Waals surface area contributed by atoms with Crippen LogP contribution in [0.15, 0.2) is 34.2 Å². The molecule has 1 amide bonds. The van der Waals surface area contributed by atoms with Crippen LogP contribution < -0.4 is 0 Å². The van der Waals surface area contributed by atoms with Crippen molar-refractivity contribution >= 4 is 34.9 Å². The van der Waals surface area contributed by atoms with E-state index in [2.05, 4.69) is 26.6 Å². The van der Waals surface area contributed by atoms with Gasteiger partial charge in [0.25, 0.3) is 5.91 Å². The number of piperazine rings is 1. The summed E-state index contributed by atoms with van der Waals surface area (Å²) in [6.07, 6.45) is 1.81. The molecule has 3 rings (SSSR count). The van der Waals surface area contributed by atoms with Gasteiger partial charge in [-0.25, -0.2) is 4.79 Å². The average molecular weight is 345 g/mol. The van der Waals surface area contributed by atoms with Crippen molar-refractivity contribution in [1.29, 1.82) is 0 Å². The number of hydrogen-bond donors (Lipinski definition) is 0. The van der Waals surface area contributed by atoms with Gasteiger partial charge in [-0.3, -0.25) is 4.79 Å². The summed E-state index contributed by atoms with van der Waals surface area (Å²) in [5.41, 5.74) is 1.34. The third-order valence-electron chi connectivity index (χ3n) is 4.01. The van der Waals surface area contributed by atoms with Crippen molar-refractivity contribution in [3.05, 3.63) is 40.3 Å². The average Bonchev–Trinajstić information content (AvgIpc) is 2.96. The zero-order chi connectivity index (χ0) is 17.1. The number of ether oxygens (including phenoxy) is 1. The number of esters is 1. The van der Waals surface area contributed by atoms with Crippen LogP contribution in [0.1, 0.15) is 15.9 Å². The normalized spacial score (nSPS) is 20.4. The summed E-state index contributed by atoms with van der Waals surface area (Å²) in [7, 11) is 3.44. The molecule has 7 heteroatoms. The summed E-state index contributed by atoms with van der Waals surface area (Å²) < 4.78 is 4.68. The number of benzene rings is 1. The van der Waals surface area contributed by atoms with Gasteiger partial charge in [0.2, 0.25) is 0 Å². The fraction of sp³-hybridized carbons (Fsp3) is 0.353. The predicted molar refractivity (Wildman–Crippen MR) is 94.9 cm³/mol. The standard InChI is InChI=1S/C17H19N3O3S/c1-19-7-9-20(10-8-19)17-18-15(21)14(24-17)11-12-3-5-13(6-4-12)16(22)23-2/h3-6,11H,7-10H2,1-2H3. The van der Waals surface area contributed by atoms with Gasteiger partial charge in [-0.2, -0.15) is 4.99 Å². The van der Waals surface area contributed by atoms with Gasteiger partial charge in [0.05, 0.1) is 17.6 Å². The maximum absolute atomic E-state index is 12.1. The highest BCUT2D eigenvalue weighted by molar-refractivity contribution is 8.18. The summed E-state index contributed by atoms with van der Waals surface area (Å²) in [5, 5.41) is 0.783. The van der Waals surface area contributed by atoms with E-state index in [1.807, 2.05) is 0 Å². The van der Waals surface area contributed by atoms with E-state index < -0.39 is 0 Å². The summed E-state index contributed by atoms with van der Waals surface area (Å²) in [6.45, 7) is 3.72. The van der Waals surface area contributed by atoms with E-state index in [9.17, 15) is 9.59 Å². The zero-order valence-corrected chi connectivity index (χ0v) is 14.5. The second-order valence-electron chi connectivity index (χ2n) is 5.71. The van der Waals surface area contributed by atoms with Gasteiger partial charge in [0.1, 0.15) is 0 Å². The van der Waals surface area contributed by atoms with Crippen LogP contribution in [-0.4, -0.2) is 67.2 Å². The van der Waals surface area contributed by atoms with Crippen molar-refractivity contribution in [1.82, 2.24) is 9.80 Å². The number of amides is 1. The quantitative estimate of drug-likeness (QED) is 0.600. The molecule has 0 spiro atoms. The Kier molecular flexibility index (Phi) is 5.01. The molecule has 126 valence electrons. The van der Waals surface area contributed by atoms with E-state index in [-0.39, 0.29) is 11.9 Å². The van der Waals surface area contributed by atoms with Crippen molar-refractivity contribution in [2.24, 2.45) is 4.99 Å². The number of thioether (sulfide) groups is 1. The Morgan fingerprint density at radius 2 is 1.88 bits per heavy atom. The van der Waals surface area contributed by atoms with Crippen molar-refractivity contribution in [2.75, 3.05) is 40.3 Å². The summed E-state index contributed by atoms with van der Waals surface area (Å²) >= 11 is 1.41. The maximum Gasteiger partial charge on any atom is 0.337 e. The molecule has 0 aromatic heterocycles. The van der Waals surface area contributed by atoms with Crippen LogP contribution in [0.2, 0.25) is 0 Å². The summed E-state index contributed by atoms with van der Waals surface area (Å²) in [5.74, 6) is -0.577. The number of aliphatic imine (C=N–C) groups is 1. The number of carbonyl (C=O) groups excluding carboxylic acids is 2. The fourth-order valence-electron chi connectivity index (χ4n) is 2.52. The van der Waals surface area contributed by atoms with Crippen LogP contribution in [0, 0.1) is 0 Å². The maximum atomic E-state index is 12.1. The molecule has 0 aliphatic carbocycles. The molecular weight excluding hydrogens is 326 g/mol. The van der Waals surface area contributed by atoms with Crippen molar-refractivity contribution in [3.8, 4) is 0 Å². The van der Waals surface area contributed by atoms with Gasteiger partial charge in [-0.05, 0) is 42.6 Å². The first-order valence-electron chi connectivity index (χ1n) is 7.71. The second kappa shape index (κ2) is 7.19. The SMILES string of the molecule is COC(=O)c1ccc(C=C2SC(N3CCN(C)CC3)=NC2=O)cc1. The van der Waals surface area contributed by atoms with E-state index in [0.717, 1.165) is 36.9 Å². The molecule has 24 heavy (non-hydrogen) atoms. The summed E-state index contributed by atoms with van der Waals surface area (Å²) in [6, 6.07) is 6.96. The van der Waals surface area contributed by atoms with Crippen LogP contribution >= 0.6 is 11.8 Å². The van der Waals surface area contributed by atoms with Gasteiger partial charge < -0.3 is 14.5 Å². The summed E-state index contributed by atoms with van der Waals surface area (Å²) in [4.78, 5) is 32.8. The van der Waals surface area contributed by atoms with E-state index in [4.69, 9.17) is 0 Å². The molecule has 2 aliphatic heterocycles. The molecule has 1 saturated heterocycles. The number of rotatable bonds is 2. The topological polar surface area (TPSA) is 62.2 Å². The lowest BCUT2D eigenvalue weighted by Crippen LogP contribution is -2.46. The van der Waals surface area contributed by atoms with Crippen molar-refractivity contribution in [2.45, 2.75) is 0 Å². The molecular formula is C17H19N3O3S. The van der Waals surface area contributed by atoms with E-state index in [1.54, 1.807) is 30.3 Å². The molecule has 2 aliphatic rings. The molecule has 0 unspecified atom stereocenters. The van der Waals surface area contributed by atoms with Crippen LogP contribution in [0.3, 0.4) is 0 Å². The first-order chi connectivity index (χ1) is 11.6. The minimum Gasteiger partial charge on any atom is -0.465 e. The van der Waals surface area contributed by atoms with Gasteiger partial charge in [-0.1, -0.05) is 12.1 Å². The van der Waals surface area contributed by atoms with E-state index in [1.165, 1.54) is 18.9 Å². The Morgan fingerprint density at radius 1 is 1.21 bits per heavy atom. The van der Waals surface area contributed by atoms with E-state index in [0.29, 0.717) is 10.5 Å². The molecule has 1 aromatic carbocycles. The van der Waals surface area contributed by atoms with Gasteiger partial charge in [0.15, 0.2) is 5.17 Å². The highest BCUT2D eigenvalue weighted by Gasteiger charge is 2.27. The highest BCUT2D eigenvalue weighted by Crippen LogP contribution is 2.30. The monoisotopic (exact) mass is 345 g/mol. The second-order valence-corrected chi connectivity index (χ2v) is 6.72. The number of likely N-dealkylation sites (N-methyl/N-ethyl adjacent to an activating group) is 1. The number of carbonyl (C=O) groups is 2. The Hall–Kier alpha value is -2.12. The van der Waals surface area contributed by atoms with Crippen LogP contribution in [0.5, 0.6) is 0 Å². The molecule has 0 atom stereocenters. The first-order valence-corrected chi connectivity index (χ1v) is 8.53. The molecule has 0 N–H and O–H groups in total. The Labute approximate surface area is 145 Å². The number of amidine groups is 1. The number of hydrogen-bond acceptors (Lipinski definition) is 6. The molecule has 6 nitrogen and oxygen atoms in total. The van der Waals surface area contributed by atoms with Crippen molar-refractivity contribution < 1.29 is 14.3 Å². The lowest BCUT2D eigenvalue weighted by Gasteiger charge is -2.32. The van der Waals surface area contributed by atoms with E-state index >= 15 is 0 Å². The Bertz CT molecular complexity index is 704. The molecule has 1 fully saturated rings.